The monoisotopic (exact) mass is 621 g/mol. The van der Waals surface area contributed by atoms with Crippen molar-refractivity contribution in [3.63, 3.8) is 0 Å². The van der Waals surface area contributed by atoms with Crippen LogP contribution in [0, 0.1) is 5.82 Å². The third-order valence-corrected chi connectivity index (χ3v) is 7.01. The van der Waals surface area contributed by atoms with Crippen LogP contribution < -0.4 is 16.1 Å². The summed E-state index contributed by atoms with van der Waals surface area (Å²) in [7, 11) is 0. The van der Waals surface area contributed by atoms with Crippen molar-refractivity contribution in [3.05, 3.63) is 111 Å². The second-order valence-corrected chi connectivity index (χ2v) is 11.4. The van der Waals surface area contributed by atoms with Gasteiger partial charge < -0.3 is 4.74 Å². The SMILES string of the molecule is CCCc1nc(CC)c(-c2ccc(OC(C)(C)C)cc2)c(=O)n1Cc1ccc(-c2ccccc2-c2noc(=O)[nH]2)cc1F.[K]. The van der Waals surface area contributed by atoms with Crippen molar-refractivity contribution >= 4 is 51.4 Å². The molecule has 0 aliphatic rings. The minimum absolute atomic E-state index is 0. The van der Waals surface area contributed by atoms with E-state index in [0.717, 1.165) is 12.0 Å². The van der Waals surface area contributed by atoms with Gasteiger partial charge in [-0.05, 0) is 68.5 Å². The molecule has 8 nitrogen and oxygen atoms in total. The molecule has 0 amide bonds. The first-order chi connectivity index (χ1) is 20.6. The largest absolute Gasteiger partial charge is 0.488 e. The van der Waals surface area contributed by atoms with E-state index < -0.39 is 11.6 Å². The van der Waals surface area contributed by atoms with Gasteiger partial charge >= 0.3 is 5.76 Å². The molecule has 0 saturated heterocycles. The molecule has 0 spiro atoms. The van der Waals surface area contributed by atoms with Crippen molar-refractivity contribution in [2.45, 2.75) is 66.0 Å². The molecule has 0 unspecified atom stereocenters. The number of halogens is 1. The molecule has 0 atom stereocenters. The number of hydrogen-bond donors (Lipinski definition) is 1. The first-order valence-electron chi connectivity index (χ1n) is 14.4. The fourth-order valence-electron chi connectivity index (χ4n) is 5.11. The number of benzene rings is 3. The molecule has 0 aliphatic carbocycles. The van der Waals surface area contributed by atoms with Gasteiger partial charge in [0.25, 0.3) is 5.56 Å². The van der Waals surface area contributed by atoms with Gasteiger partial charge in [-0.1, -0.05) is 67.5 Å². The van der Waals surface area contributed by atoms with E-state index in [9.17, 15) is 9.59 Å². The van der Waals surface area contributed by atoms with Crippen molar-refractivity contribution in [2.75, 3.05) is 0 Å². The van der Waals surface area contributed by atoms with Crippen LogP contribution in [0.15, 0.2) is 80.8 Å². The van der Waals surface area contributed by atoms with Gasteiger partial charge in [-0.25, -0.2) is 14.2 Å². The van der Waals surface area contributed by atoms with Crippen LogP contribution in [0.1, 0.15) is 58.1 Å². The molecule has 1 N–H and O–H groups in total. The molecule has 3 aromatic carbocycles. The van der Waals surface area contributed by atoms with Gasteiger partial charge in [0, 0.05) is 68.9 Å². The van der Waals surface area contributed by atoms with Crippen LogP contribution in [0.3, 0.4) is 0 Å². The van der Waals surface area contributed by atoms with Gasteiger partial charge in [-0.3, -0.25) is 18.9 Å². The molecular weight excluding hydrogens is 586 g/mol. The molecule has 0 aliphatic heterocycles. The Morgan fingerprint density at radius 2 is 1.64 bits per heavy atom. The second kappa shape index (κ2) is 14.3. The molecule has 2 aromatic heterocycles. The number of aromatic amines is 1. The number of hydrogen-bond acceptors (Lipinski definition) is 6. The van der Waals surface area contributed by atoms with E-state index in [4.69, 9.17) is 9.72 Å². The predicted octanol–water partition coefficient (Wildman–Crippen LogP) is 6.42. The minimum atomic E-state index is -0.670. The summed E-state index contributed by atoms with van der Waals surface area (Å²) >= 11 is 0. The third kappa shape index (κ3) is 7.55. The maximum Gasteiger partial charge on any atom is 0.439 e. The normalized spacial score (nSPS) is 11.3. The van der Waals surface area contributed by atoms with Gasteiger partial charge in [-0.2, -0.15) is 0 Å². The molecule has 10 heteroatoms. The van der Waals surface area contributed by atoms with E-state index in [2.05, 4.69) is 14.7 Å². The van der Waals surface area contributed by atoms with E-state index in [1.165, 1.54) is 6.07 Å². The van der Waals surface area contributed by atoms with Crippen LogP contribution in [0.4, 0.5) is 4.39 Å². The average molecular weight is 622 g/mol. The Bertz CT molecular complexity index is 1870. The zero-order chi connectivity index (χ0) is 30.7. The Kier molecular flexibility index (Phi) is 11.0. The van der Waals surface area contributed by atoms with Gasteiger partial charge in [0.15, 0.2) is 5.82 Å². The summed E-state index contributed by atoms with van der Waals surface area (Å²) in [6.45, 7) is 9.98. The molecule has 1 radical (unpaired) electrons. The van der Waals surface area contributed by atoms with E-state index in [1.807, 2.05) is 71.0 Å². The van der Waals surface area contributed by atoms with Crippen molar-refractivity contribution in [1.82, 2.24) is 19.7 Å². The number of aryl methyl sites for hydroxylation is 2. The number of ether oxygens (including phenoxy) is 1. The number of aromatic nitrogens is 4. The summed E-state index contributed by atoms with van der Waals surface area (Å²) < 4.78 is 27.9. The minimum Gasteiger partial charge on any atom is -0.488 e. The second-order valence-electron chi connectivity index (χ2n) is 11.4. The third-order valence-electron chi connectivity index (χ3n) is 7.01. The van der Waals surface area contributed by atoms with Gasteiger partial charge in [0.1, 0.15) is 23.0 Å². The topological polar surface area (TPSA) is 103 Å². The zero-order valence-electron chi connectivity index (χ0n) is 26.0. The molecular formula is C34H35FKN4O4. The molecule has 0 bridgehead atoms. The smallest absolute Gasteiger partial charge is 0.439 e. The van der Waals surface area contributed by atoms with Crippen LogP contribution >= 0.6 is 0 Å². The quantitative estimate of drug-likeness (QED) is 0.191. The summed E-state index contributed by atoms with van der Waals surface area (Å²) in [5.74, 6) is 0.470. The molecule has 44 heavy (non-hydrogen) atoms. The molecule has 5 aromatic rings. The Morgan fingerprint density at radius 1 is 0.955 bits per heavy atom. The molecule has 0 fully saturated rings. The van der Waals surface area contributed by atoms with Gasteiger partial charge in [0.05, 0.1) is 17.8 Å². The Hall–Kier alpha value is -3.15. The number of nitrogens with one attached hydrogen (secondary N) is 1. The molecule has 223 valence electrons. The molecule has 5 rings (SSSR count). The Morgan fingerprint density at radius 3 is 2.23 bits per heavy atom. The summed E-state index contributed by atoms with van der Waals surface area (Å²) in [5, 5.41) is 3.78. The average Bonchev–Trinajstić information content (AvgIpc) is 3.41. The summed E-state index contributed by atoms with van der Waals surface area (Å²) in [6.07, 6.45) is 1.96. The zero-order valence-corrected chi connectivity index (χ0v) is 29.2. The number of H-pyrrole nitrogens is 1. The fraction of sp³-hybridized carbons (Fsp3) is 0.294. The summed E-state index contributed by atoms with van der Waals surface area (Å²) in [5.41, 5.74) is 3.66. The van der Waals surface area contributed by atoms with Crippen LogP contribution in [0.25, 0.3) is 33.6 Å². The van der Waals surface area contributed by atoms with Crippen LogP contribution in [-0.4, -0.2) is 76.7 Å². The van der Waals surface area contributed by atoms with Crippen molar-refractivity contribution in [3.8, 4) is 39.4 Å². The van der Waals surface area contributed by atoms with E-state index in [1.54, 1.807) is 28.8 Å². The maximum absolute atomic E-state index is 15.7. The maximum atomic E-state index is 15.7. The Balaban J connectivity index is 0.00000442. The Labute approximate surface area is 298 Å². The molecule has 0 saturated carbocycles. The summed E-state index contributed by atoms with van der Waals surface area (Å²) in [4.78, 5) is 33.1. The van der Waals surface area contributed by atoms with Crippen LogP contribution in [0.5, 0.6) is 5.75 Å². The first-order valence-corrected chi connectivity index (χ1v) is 14.4. The van der Waals surface area contributed by atoms with Crippen molar-refractivity contribution in [1.29, 1.82) is 0 Å². The number of rotatable bonds is 9. The van der Waals surface area contributed by atoms with E-state index >= 15 is 4.39 Å². The number of nitrogens with zero attached hydrogens (tertiary/aromatic N) is 3. The first kappa shape index (κ1) is 33.7. The predicted molar refractivity (Wildman–Crippen MR) is 170 cm³/mol. The van der Waals surface area contributed by atoms with Crippen molar-refractivity contribution in [2.24, 2.45) is 0 Å². The van der Waals surface area contributed by atoms with Crippen LogP contribution in [-0.2, 0) is 19.4 Å². The van der Waals surface area contributed by atoms with E-state index in [-0.39, 0.29) is 74.9 Å². The summed E-state index contributed by atoms with van der Waals surface area (Å²) in [6, 6.07) is 19.6. The van der Waals surface area contributed by atoms with E-state index in [0.29, 0.717) is 57.9 Å². The molecule has 2 heterocycles. The van der Waals surface area contributed by atoms with Crippen LogP contribution in [0.2, 0.25) is 0 Å². The van der Waals surface area contributed by atoms with Gasteiger partial charge in [-0.15, -0.1) is 0 Å². The van der Waals surface area contributed by atoms with Gasteiger partial charge in [0.2, 0.25) is 0 Å². The van der Waals surface area contributed by atoms with Crippen molar-refractivity contribution < 1.29 is 13.7 Å². The standard InChI is InChI=1S/C34H35FN4O4.K/c1-6-10-29-36-28(7-2)30(21-15-17-24(18-16-21)42-34(3,4)5)32(40)39(29)20-23-14-13-22(19-27(23)35)25-11-8-9-12-26(25)31-37-33(41)43-38-31;/h8-9,11-19H,6-7,10,20H2,1-5H3,(H,37,38,41);. The fourth-order valence-corrected chi connectivity index (χ4v) is 5.11.